The van der Waals surface area contributed by atoms with Gasteiger partial charge in [-0.25, -0.2) is 0 Å². The number of amides is 1. The van der Waals surface area contributed by atoms with E-state index in [0.717, 1.165) is 12.8 Å². The fourth-order valence-electron chi connectivity index (χ4n) is 3.83. The minimum atomic E-state index is -1.08. The predicted octanol–water partition coefficient (Wildman–Crippen LogP) is 1.54. The van der Waals surface area contributed by atoms with Crippen LogP contribution in [0, 0.1) is 5.41 Å². The van der Waals surface area contributed by atoms with Gasteiger partial charge in [-0.05, 0) is 18.3 Å². The van der Waals surface area contributed by atoms with Crippen LogP contribution in [0.15, 0.2) is 12.7 Å². The number of nitrogens with zero attached hydrogens (tertiary/aromatic N) is 4. The van der Waals surface area contributed by atoms with Crippen LogP contribution in [0.25, 0.3) is 0 Å². The molecule has 7 nitrogen and oxygen atoms in total. The number of carbonyl (C=O) groups excluding carboxylic acids is 1. The summed E-state index contributed by atoms with van der Waals surface area (Å²) in [6.45, 7) is 5.02. The standard InChI is InChI=1S/C16H25N5O2/c1-2-15(6-4-3-5-7-15)12-13(22)21-10-8-16(23,9-11-21)14-17-19-20-18-14/h2,23H,1,3-12H2,(H,17,18,19,20). The first kappa shape index (κ1) is 16.1. The second kappa shape index (κ2) is 6.39. The van der Waals surface area contributed by atoms with E-state index in [4.69, 9.17) is 0 Å². The second-order valence-electron chi connectivity index (χ2n) is 6.95. The Morgan fingerprint density at radius 3 is 2.52 bits per heavy atom. The normalized spacial score (nSPS) is 23.4. The lowest BCUT2D eigenvalue weighted by Gasteiger charge is -2.39. The van der Waals surface area contributed by atoms with Crippen LogP contribution in [0.3, 0.4) is 0 Å². The summed E-state index contributed by atoms with van der Waals surface area (Å²) in [5.41, 5.74) is -1.11. The van der Waals surface area contributed by atoms with Crippen molar-refractivity contribution in [3.63, 3.8) is 0 Å². The van der Waals surface area contributed by atoms with E-state index in [0.29, 0.717) is 38.2 Å². The van der Waals surface area contributed by atoms with Crippen LogP contribution in [0.5, 0.6) is 0 Å². The van der Waals surface area contributed by atoms with E-state index >= 15 is 0 Å². The van der Waals surface area contributed by atoms with E-state index in [1.807, 2.05) is 11.0 Å². The topological polar surface area (TPSA) is 95.0 Å². The minimum Gasteiger partial charge on any atom is -0.382 e. The highest BCUT2D eigenvalue weighted by atomic mass is 16.3. The third-order valence-electron chi connectivity index (χ3n) is 5.49. The molecule has 2 heterocycles. The first-order valence-corrected chi connectivity index (χ1v) is 8.45. The van der Waals surface area contributed by atoms with E-state index in [1.54, 1.807) is 0 Å². The van der Waals surface area contributed by atoms with Gasteiger partial charge in [0, 0.05) is 32.4 Å². The summed E-state index contributed by atoms with van der Waals surface area (Å²) in [6.07, 6.45) is 9.14. The molecule has 2 fully saturated rings. The summed E-state index contributed by atoms with van der Waals surface area (Å²) in [6, 6.07) is 0. The Labute approximate surface area is 136 Å². The molecule has 0 aromatic carbocycles. The zero-order valence-electron chi connectivity index (χ0n) is 13.5. The van der Waals surface area contributed by atoms with Crippen LogP contribution >= 0.6 is 0 Å². The Morgan fingerprint density at radius 1 is 1.26 bits per heavy atom. The van der Waals surface area contributed by atoms with Crippen LogP contribution in [0.2, 0.25) is 0 Å². The van der Waals surface area contributed by atoms with Crippen molar-refractivity contribution in [2.24, 2.45) is 5.41 Å². The fraction of sp³-hybridized carbons (Fsp3) is 0.750. The molecule has 1 aromatic heterocycles. The van der Waals surface area contributed by atoms with E-state index in [2.05, 4.69) is 27.2 Å². The molecule has 0 radical (unpaired) electrons. The number of H-pyrrole nitrogens is 1. The van der Waals surface area contributed by atoms with Crippen LogP contribution in [-0.2, 0) is 10.4 Å². The van der Waals surface area contributed by atoms with E-state index in [-0.39, 0.29) is 11.3 Å². The molecule has 1 aromatic rings. The van der Waals surface area contributed by atoms with Crippen molar-refractivity contribution in [2.75, 3.05) is 13.1 Å². The fourth-order valence-corrected chi connectivity index (χ4v) is 3.83. The Morgan fingerprint density at radius 2 is 1.96 bits per heavy atom. The Bertz CT molecular complexity index is 543. The zero-order chi connectivity index (χ0) is 16.3. The monoisotopic (exact) mass is 319 g/mol. The van der Waals surface area contributed by atoms with Crippen molar-refractivity contribution in [2.45, 2.75) is 57.0 Å². The zero-order valence-corrected chi connectivity index (χ0v) is 13.5. The molecule has 0 bridgehead atoms. The number of hydrogen-bond donors (Lipinski definition) is 2. The number of aromatic amines is 1. The van der Waals surface area contributed by atoms with Gasteiger partial charge in [0.15, 0.2) is 0 Å². The highest BCUT2D eigenvalue weighted by Gasteiger charge is 2.40. The minimum absolute atomic E-state index is 0.0310. The van der Waals surface area contributed by atoms with Crippen molar-refractivity contribution in [3.05, 3.63) is 18.5 Å². The summed E-state index contributed by atoms with van der Waals surface area (Å²) in [5, 5.41) is 24.3. The SMILES string of the molecule is C=CC1(CC(=O)N2CCC(O)(c3nn[nH]n3)CC2)CCCCC1. The lowest BCUT2D eigenvalue weighted by molar-refractivity contribution is -0.138. The maximum atomic E-state index is 12.7. The molecular formula is C16H25N5O2. The summed E-state index contributed by atoms with van der Waals surface area (Å²) in [5.74, 6) is 0.487. The van der Waals surface area contributed by atoms with Crippen LogP contribution in [0.1, 0.15) is 57.2 Å². The number of hydrogen-bond acceptors (Lipinski definition) is 5. The molecule has 1 aliphatic heterocycles. The average molecular weight is 319 g/mol. The van der Waals surface area contributed by atoms with Gasteiger partial charge in [-0.1, -0.05) is 30.6 Å². The first-order valence-electron chi connectivity index (χ1n) is 8.45. The number of aliphatic hydroxyl groups is 1. The van der Waals surface area contributed by atoms with Gasteiger partial charge in [0.25, 0.3) is 0 Å². The van der Waals surface area contributed by atoms with Crippen LogP contribution in [0.4, 0.5) is 0 Å². The number of rotatable bonds is 4. The first-order chi connectivity index (χ1) is 11.1. The number of likely N-dealkylation sites (tertiary alicyclic amines) is 1. The summed E-state index contributed by atoms with van der Waals surface area (Å²) < 4.78 is 0. The van der Waals surface area contributed by atoms with Gasteiger partial charge in [-0.2, -0.15) is 5.21 Å². The van der Waals surface area contributed by atoms with E-state index in [1.165, 1.54) is 19.3 Å². The molecule has 2 aliphatic rings. The average Bonchev–Trinajstić information content (AvgIpc) is 3.11. The molecule has 1 amide bonds. The second-order valence-corrected chi connectivity index (χ2v) is 6.95. The third-order valence-corrected chi connectivity index (χ3v) is 5.49. The van der Waals surface area contributed by atoms with Gasteiger partial charge in [0.2, 0.25) is 11.7 Å². The van der Waals surface area contributed by atoms with Gasteiger partial charge in [0.05, 0.1) is 0 Å². The molecule has 0 spiro atoms. The lowest BCUT2D eigenvalue weighted by atomic mass is 9.71. The van der Waals surface area contributed by atoms with E-state index in [9.17, 15) is 9.90 Å². The molecule has 0 unspecified atom stereocenters. The van der Waals surface area contributed by atoms with Gasteiger partial charge >= 0.3 is 0 Å². The Hall–Kier alpha value is -1.76. The Kier molecular flexibility index (Phi) is 4.48. The van der Waals surface area contributed by atoms with Gasteiger partial charge in [-0.3, -0.25) is 4.79 Å². The van der Waals surface area contributed by atoms with Gasteiger partial charge in [0.1, 0.15) is 5.60 Å². The van der Waals surface area contributed by atoms with Gasteiger partial charge in [-0.15, -0.1) is 16.8 Å². The van der Waals surface area contributed by atoms with Crippen LogP contribution < -0.4 is 0 Å². The smallest absolute Gasteiger partial charge is 0.223 e. The maximum absolute atomic E-state index is 12.7. The van der Waals surface area contributed by atoms with Crippen molar-refractivity contribution in [1.29, 1.82) is 0 Å². The molecule has 1 saturated carbocycles. The summed E-state index contributed by atoms with van der Waals surface area (Å²) >= 11 is 0. The van der Waals surface area contributed by atoms with Crippen molar-refractivity contribution in [1.82, 2.24) is 25.5 Å². The predicted molar refractivity (Wildman–Crippen MR) is 84.2 cm³/mol. The highest BCUT2D eigenvalue weighted by molar-refractivity contribution is 5.77. The molecule has 1 aliphatic carbocycles. The molecule has 2 N–H and O–H groups in total. The van der Waals surface area contributed by atoms with Crippen molar-refractivity contribution >= 4 is 5.91 Å². The molecular weight excluding hydrogens is 294 g/mol. The van der Waals surface area contributed by atoms with E-state index < -0.39 is 5.60 Å². The summed E-state index contributed by atoms with van der Waals surface area (Å²) in [4.78, 5) is 14.5. The number of piperidine rings is 1. The Balaban J connectivity index is 1.59. The quantitative estimate of drug-likeness (QED) is 0.821. The molecule has 7 heteroatoms. The largest absolute Gasteiger partial charge is 0.382 e. The lowest BCUT2D eigenvalue weighted by Crippen LogP contribution is -2.46. The maximum Gasteiger partial charge on any atom is 0.223 e. The molecule has 3 rings (SSSR count). The number of nitrogens with one attached hydrogen (secondary N) is 1. The third kappa shape index (κ3) is 3.29. The number of tetrazole rings is 1. The highest BCUT2D eigenvalue weighted by Crippen LogP contribution is 2.41. The number of allylic oxidation sites excluding steroid dienone is 1. The van der Waals surface area contributed by atoms with Gasteiger partial charge < -0.3 is 10.0 Å². The summed E-state index contributed by atoms with van der Waals surface area (Å²) in [7, 11) is 0. The molecule has 1 saturated heterocycles. The molecule has 126 valence electrons. The molecule has 0 atom stereocenters. The van der Waals surface area contributed by atoms with Crippen molar-refractivity contribution < 1.29 is 9.90 Å². The molecule has 23 heavy (non-hydrogen) atoms. The van der Waals surface area contributed by atoms with Crippen molar-refractivity contribution in [3.8, 4) is 0 Å². The number of aromatic nitrogens is 4. The number of carbonyl (C=O) groups is 1. The van der Waals surface area contributed by atoms with Crippen LogP contribution in [-0.4, -0.2) is 49.6 Å².